The van der Waals surface area contributed by atoms with Crippen LogP contribution in [-0.2, 0) is 4.79 Å². The van der Waals surface area contributed by atoms with Crippen LogP contribution >= 0.6 is 11.6 Å². The van der Waals surface area contributed by atoms with Crippen molar-refractivity contribution in [1.29, 1.82) is 0 Å². The Bertz CT molecular complexity index is 613. The monoisotopic (exact) mass is 279 g/mol. The molecule has 1 aromatic carbocycles. The molecule has 0 aliphatic heterocycles. The molecule has 1 unspecified atom stereocenters. The molecular formula is C14H14ClNO3. The zero-order chi connectivity index (χ0) is 14.0. The van der Waals surface area contributed by atoms with Gasteiger partial charge >= 0.3 is 5.97 Å². The molecule has 0 spiro atoms. The van der Waals surface area contributed by atoms with Crippen molar-refractivity contribution in [1.82, 2.24) is 4.98 Å². The number of pyridine rings is 1. The third-order valence-electron chi connectivity index (χ3n) is 2.78. The summed E-state index contributed by atoms with van der Waals surface area (Å²) in [5, 5.41) is 10.5. The first kappa shape index (κ1) is 13.6. The average Bonchev–Trinajstić information content (AvgIpc) is 2.37. The van der Waals surface area contributed by atoms with E-state index in [0.29, 0.717) is 16.3 Å². The third kappa shape index (κ3) is 2.79. The van der Waals surface area contributed by atoms with Crippen molar-refractivity contribution in [2.45, 2.75) is 20.0 Å². The summed E-state index contributed by atoms with van der Waals surface area (Å²) in [6, 6.07) is 6.92. The first-order valence-electron chi connectivity index (χ1n) is 5.93. The zero-order valence-electron chi connectivity index (χ0n) is 10.6. The molecule has 1 N–H and O–H groups in total. The predicted octanol–water partition coefficient (Wildman–Crippen LogP) is 3.38. The Morgan fingerprint density at radius 2 is 2.11 bits per heavy atom. The summed E-state index contributed by atoms with van der Waals surface area (Å²) >= 11 is 6.08. The van der Waals surface area contributed by atoms with Crippen molar-refractivity contribution in [3.8, 4) is 5.75 Å². The highest BCUT2D eigenvalue weighted by Gasteiger charge is 2.24. The van der Waals surface area contributed by atoms with Gasteiger partial charge in [0.25, 0.3) is 0 Å². The van der Waals surface area contributed by atoms with Crippen molar-refractivity contribution in [2.24, 2.45) is 5.92 Å². The Morgan fingerprint density at radius 3 is 2.74 bits per heavy atom. The van der Waals surface area contributed by atoms with Crippen LogP contribution in [0, 0.1) is 5.92 Å². The molecule has 100 valence electrons. The molecule has 1 atom stereocenters. The predicted molar refractivity (Wildman–Crippen MR) is 73.6 cm³/mol. The molecule has 0 bridgehead atoms. The maximum Gasteiger partial charge on any atom is 0.345 e. The maximum absolute atomic E-state index is 11.2. The minimum absolute atomic E-state index is 0.146. The van der Waals surface area contributed by atoms with E-state index < -0.39 is 12.1 Å². The van der Waals surface area contributed by atoms with Gasteiger partial charge in [-0.25, -0.2) is 4.79 Å². The van der Waals surface area contributed by atoms with Crippen molar-refractivity contribution >= 4 is 28.5 Å². The molecule has 0 amide bonds. The minimum atomic E-state index is -0.992. The smallest absolute Gasteiger partial charge is 0.345 e. The van der Waals surface area contributed by atoms with E-state index >= 15 is 0 Å². The summed E-state index contributed by atoms with van der Waals surface area (Å²) in [5.41, 5.74) is 0.571. The fourth-order valence-electron chi connectivity index (χ4n) is 1.82. The van der Waals surface area contributed by atoms with E-state index in [1.165, 1.54) is 0 Å². The lowest BCUT2D eigenvalue weighted by atomic mass is 10.1. The highest BCUT2D eigenvalue weighted by atomic mass is 35.5. The second-order valence-corrected chi connectivity index (χ2v) is 4.97. The number of hydrogen-bond donors (Lipinski definition) is 1. The van der Waals surface area contributed by atoms with Crippen LogP contribution in [0.25, 0.3) is 10.9 Å². The Hall–Kier alpha value is -1.81. The molecule has 0 radical (unpaired) electrons. The molecule has 0 saturated heterocycles. The topological polar surface area (TPSA) is 59.4 Å². The molecular weight excluding hydrogens is 266 g/mol. The number of halogens is 1. The molecule has 19 heavy (non-hydrogen) atoms. The molecule has 0 fully saturated rings. The zero-order valence-corrected chi connectivity index (χ0v) is 11.4. The van der Waals surface area contributed by atoms with Gasteiger partial charge in [-0.1, -0.05) is 25.4 Å². The van der Waals surface area contributed by atoms with Gasteiger partial charge < -0.3 is 9.84 Å². The largest absolute Gasteiger partial charge is 0.478 e. The van der Waals surface area contributed by atoms with E-state index in [9.17, 15) is 4.79 Å². The summed E-state index contributed by atoms with van der Waals surface area (Å²) in [6.45, 7) is 3.59. The summed E-state index contributed by atoms with van der Waals surface area (Å²) in [6.07, 6.45) is 0.711. The van der Waals surface area contributed by atoms with Crippen LogP contribution in [0.1, 0.15) is 13.8 Å². The number of carbonyl (C=O) groups is 1. The first-order chi connectivity index (χ1) is 9.00. The summed E-state index contributed by atoms with van der Waals surface area (Å²) in [4.78, 5) is 15.4. The lowest BCUT2D eigenvalue weighted by Crippen LogP contribution is -2.32. The van der Waals surface area contributed by atoms with Crippen LogP contribution in [0.5, 0.6) is 5.75 Å². The Kier molecular flexibility index (Phi) is 3.90. The molecule has 1 heterocycles. The number of nitrogens with zero attached hydrogens (tertiary/aromatic N) is 1. The number of benzene rings is 1. The highest BCUT2D eigenvalue weighted by molar-refractivity contribution is 6.35. The Morgan fingerprint density at radius 1 is 1.37 bits per heavy atom. The number of carboxylic acids is 1. The molecule has 2 aromatic rings. The fourth-order valence-corrected chi connectivity index (χ4v) is 2.03. The van der Waals surface area contributed by atoms with Gasteiger partial charge in [0.2, 0.25) is 0 Å². The van der Waals surface area contributed by atoms with E-state index in [1.807, 2.05) is 6.07 Å². The number of ether oxygens (including phenoxy) is 1. The van der Waals surface area contributed by atoms with Crippen molar-refractivity contribution in [3.63, 3.8) is 0 Å². The van der Waals surface area contributed by atoms with Gasteiger partial charge in [0.1, 0.15) is 11.3 Å². The van der Waals surface area contributed by atoms with Crippen molar-refractivity contribution in [3.05, 3.63) is 35.5 Å². The molecule has 0 saturated carbocycles. The van der Waals surface area contributed by atoms with Crippen molar-refractivity contribution in [2.75, 3.05) is 0 Å². The highest BCUT2D eigenvalue weighted by Crippen LogP contribution is 2.30. The van der Waals surface area contributed by atoms with Crippen molar-refractivity contribution < 1.29 is 14.6 Å². The summed E-state index contributed by atoms with van der Waals surface area (Å²) < 4.78 is 5.58. The number of rotatable bonds is 4. The summed E-state index contributed by atoms with van der Waals surface area (Å²) in [5.74, 6) is -0.706. The number of hydrogen-bond acceptors (Lipinski definition) is 3. The standard InChI is InChI=1S/C14H14ClNO3/c1-8(2)13(14(17)18)19-11-6-5-10(15)9-4-3-7-16-12(9)11/h3-8,13H,1-2H3,(H,17,18). The van der Waals surface area contributed by atoms with E-state index in [1.54, 1.807) is 38.2 Å². The van der Waals surface area contributed by atoms with Crippen LogP contribution in [0.4, 0.5) is 0 Å². The molecule has 2 rings (SSSR count). The van der Waals surface area contributed by atoms with Gasteiger partial charge in [0.15, 0.2) is 6.10 Å². The molecule has 5 heteroatoms. The molecule has 4 nitrogen and oxygen atoms in total. The van der Waals surface area contributed by atoms with Crippen LogP contribution in [0.3, 0.4) is 0 Å². The molecule has 1 aromatic heterocycles. The van der Waals surface area contributed by atoms with Gasteiger partial charge in [0, 0.05) is 17.5 Å². The Balaban J connectivity index is 2.46. The third-order valence-corrected chi connectivity index (χ3v) is 3.11. The first-order valence-corrected chi connectivity index (χ1v) is 6.31. The lowest BCUT2D eigenvalue weighted by Gasteiger charge is -2.19. The maximum atomic E-state index is 11.2. The number of fused-ring (bicyclic) bond motifs is 1. The average molecular weight is 280 g/mol. The lowest BCUT2D eigenvalue weighted by molar-refractivity contribution is -0.147. The SMILES string of the molecule is CC(C)C(Oc1ccc(Cl)c2cccnc12)C(=O)O. The Labute approximate surface area is 116 Å². The quantitative estimate of drug-likeness (QED) is 0.932. The normalized spacial score (nSPS) is 12.6. The fraction of sp³-hybridized carbons (Fsp3) is 0.286. The second-order valence-electron chi connectivity index (χ2n) is 4.57. The van der Waals surface area contributed by atoms with E-state index in [-0.39, 0.29) is 5.92 Å². The van der Waals surface area contributed by atoms with E-state index in [4.69, 9.17) is 21.4 Å². The van der Waals surface area contributed by atoms with Gasteiger partial charge in [-0.2, -0.15) is 0 Å². The van der Waals surface area contributed by atoms with Gasteiger partial charge in [-0.3, -0.25) is 4.98 Å². The van der Waals surface area contributed by atoms with Crippen LogP contribution in [0.2, 0.25) is 5.02 Å². The van der Waals surface area contributed by atoms with Crippen LogP contribution < -0.4 is 4.74 Å². The summed E-state index contributed by atoms with van der Waals surface area (Å²) in [7, 11) is 0. The van der Waals surface area contributed by atoms with E-state index in [2.05, 4.69) is 4.98 Å². The van der Waals surface area contributed by atoms with Gasteiger partial charge in [-0.05, 0) is 24.3 Å². The number of carboxylic acid groups (broad SMARTS) is 1. The second kappa shape index (κ2) is 5.45. The minimum Gasteiger partial charge on any atom is -0.478 e. The van der Waals surface area contributed by atoms with Crippen LogP contribution in [-0.4, -0.2) is 22.2 Å². The van der Waals surface area contributed by atoms with Crippen LogP contribution in [0.15, 0.2) is 30.5 Å². The van der Waals surface area contributed by atoms with Gasteiger partial charge in [-0.15, -0.1) is 0 Å². The number of aliphatic carboxylic acids is 1. The number of aromatic nitrogens is 1. The van der Waals surface area contributed by atoms with E-state index in [0.717, 1.165) is 5.39 Å². The molecule has 0 aliphatic carbocycles. The molecule has 0 aliphatic rings. The van der Waals surface area contributed by atoms with Gasteiger partial charge in [0.05, 0.1) is 5.02 Å².